The van der Waals surface area contributed by atoms with E-state index in [1.165, 1.54) is 6.26 Å². The van der Waals surface area contributed by atoms with Crippen molar-refractivity contribution in [1.82, 2.24) is 9.55 Å². The Kier molecular flexibility index (Phi) is 4.21. The number of aromatic nitrogens is 2. The van der Waals surface area contributed by atoms with Crippen molar-refractivity contribution in [3.05, 3.63) is 43.0 Å². The van der Waals surface area contributed by atoms with E-state index in [4.69, 9.17) is 0 Å². The highest BCUT2D eigenvalue weighted by atomic mass is 32.2. The second-order valence-corrected chi connectivity index (χ2v) is 6.39. The van der Waals surface area contributed by atoms with Crippen LogP contribution in [0.15, 0.2) is 47.9 Å². The van der Waals surface area contributed by atoms with E-state index >= 15 is 0 Å². The summed E-state index contributed by atoms with van der Waals surface area (Å²) in [4.78, 5) is 4.32. The molecule has 6 heteroatoms. The quantitative estimate of drug-likeness (QED) is 0.819. The molecule has 0 saturated heterocycles. The molecule has 0 bridgehead atoms. The van der Waals surface area contributed by atoms with Crippen LogP contribution in [0.3, 0.4) is 0 Å². The monoisotopic (exact) mass is 279 g/mol. The number of anilines is 1. The maximum Gasteiger partial charge on any atom is 0.175 e. The fraction of sp³-hybridized carbons (Fsp3) is 0.308. The SMILES string of the molecule is CS(=O)(=O)c1ccc(NCCCn2ccnc2)cc1. The minimum Gasteiger partial charge on any atom is -0.385 e. The Morgan fingerprint density at radius 3 is 2.58 bits per heavy atom. The first-order valence-corrected chi connectivity index (χ1v) is 7.94. The summed E-state index contributed by atoms with van der Waals surface area (Å²) in [5.41, 5.74) is 0.929. The van der Waals surface area contributed by atoms with Crippen LogP contribution < -0.4 is 5.32 Å². The largest absolute Gasteiger partial charge is 0.385 e. The minimum atomic E-state index is -3.11. The highest BCUT2D eigenvalue weighted by molar-refractivity contribution is 7.90. The van der Waals surface area contributed by atoms with Crippen molar-refractivity contribution in [2.45, 2.75) is 17.9 Å². The zero-order valence-electron chi connectivity index (χ0n) is 10.8. The molecule has 1 aromatic heterocycles. The molecule has 5 nitrogen and oxygen atoms in total. The number of rotatable bonds is 6. The zero-order chi connectivity index (χ0) is 13.7. The van der Waals surface area contributed by atoms with E-state index in [-0.39, 0.29) is 0 Å². The van der Waals surface area contributed by atoms with Gasteiger partial charge in [0.1, 0.15) is 0 Å². The predicted molar refractivity (Wildman–Crippen MR) is 74.9 cm³/mol. The van der Waals surface area contributed by atoms with Gasteiger partial charge in [-0.2, -0.15) is 0 Å². The molecule has 19 heavy (non-hydrogen) atoms. The molecule has 0 aliphatic heterocycles. The molecular formula is C13H17N3O2S. The molecule has 1 aromatic carbocycles. The average molecular weight is 279 g/mol. The Morgan fingerprint density at radius 2 is 2.00 bits per heavy atom. The molecule has 0 aliphatic rings. The first-order valence-electron chi connectivity index (χ1n) is 6.05. The maximum absolute atomic E-state index is 11.3. The van der Waals surface area contributed by atoms with Crippen molar-refractivity contribution in [3.63, 3.8) is 0 Å². The number of benzene rings is 1. The Hall–Kier alpha value is -1.82. The normalized spacial score (nSPS) is 11.4. The van der Waals surface area contributed by atoms with Crippen LogP contribution >= 0.6 is 0 Å². The van der Waals surface area contributed by atoms with Gasteiger partial charge in [0.05, 0.1) is 11.2 Å². The van der Waals surface area contributed by atoms with Gasteiger partial charge in [0.25, 0.3) is 0 Å². The number of hydrogen-bond donors (Lipinski definition) is 1. The lowest BCUT2D eigenvalue weighted by Gasteiger charge is -2.07. The van der Waals surface area contributed by atoms with Gasteiger partial charge in [-0.05, 0) is 30.7 Å². The highest BCUT2D eigenvalue weighted by Crippen LogP contribution is 2.13. The molecule has 1 N–H and O–H groups in total. The summed E-state index contributed by atoms with van der Waals surface area (Å²) in [6, 6.07) is 6.81. The number of hydrogen-bond acceptors (Lipinski definition) is 4. The van der Waals surface area contributed by atoms with E-state index in [0.717, 1.165) is 25.2 Å². The molecule has 1 heterocycles. The summed E-state index contributed by atoms with van der Waals surface area (Å²) in [5.74, 6) is 0. The third-order valence-corrected chi connectivity index (χ3v) is 3.89. The number of nitrogens with one attached hydrogen (secondary N) is 1. The molecule has 0 unspecified atom stereocenters. The molecule has 102 valence electrons. The van der Waals surface area contributed by atoms with Gasteiger partial charge in [0.15, 0.2) is 9.84 Å². The van der Waals surface area contributed by atoms with E-state index in [9.17, 15) is 8.42 Å². The van der Waals surface area contributed by atoms with Gasteiger partial charge in [0.2, 0.25) is 0 Å². The summed E-state index contributed by atoms with van der Waals surface area (Å²) in [7, 11) is -3.11. The van der Waals surface area contributed by atoms with Crippen LogP contribution in [0.2, 0.25) is 0 Å². The average Bonchev–Trinajstić information content (AvgIpc) is 2.87. The zero-order valence-corrected chi connectivity index (χ0v) is 11.6. The smallest absolute Gasteiger partial charge is 0.175 e. The van der Waals surface area contributed by atoms with Gasteiger partial charge in [0, 0.05) is 37.4 Å². The van der Waals surface area contributed by atoms with E-state index < -0.39 is 9.84 Å². The maximum atomic E-state index is 11.3. The number of aryl methyl sites for hydroxylation is 1. The molecule has 2 rings (SSSR count). The lowest BCUT2D eigenvalue weighted by molar-refractivity contribution is 0.602. The lowest BCUT2D eigenvalue weighted by Crippen LogP contribution is -2.06. The molecule has 0 spiro atoms. The third-order valence-electron chi connectivity index (χ3n) is 2.76. The molecule has 2 aromatic rings. The van der Waals surface area contributed by atoms with Gasteiger partial charge in [-0.15, -0.1) is 0 Å². The standard InChI is InChI=1S/C13H17N3O2S/c1-19(17,18)13-5-3-12(4-6-13)15-7-2-9-16-10-8-14-11-16/h3-6,8,10-11,15H,2,7,9H2,1H3. The summed E-state index contributed by atoms with van der Waals surface area (Å²) < 4.78 is 24.6. The molecule has 0 atom stereocenters. The highest BCUT2D eigenvalue weighted by Gasteiger charge is 2.05. The van der Waals surface area contributed by atoms with E-state index in [0.29, 0.717) is 4.90 Å². The lowest BCUT2D eigenvalue weighted by atomic mass is 10.3. The summed E-state index contributed by atoms with van der Waals surface area (Å²) in [6.45, 7) is 1.74. The second kappa shape index (κ2) is 5.88. The Labute approximate surface area is 113 Å². The summed E-state index contributed by atoms with van der Waals surface area (Å²) in [6.07, 6.45) is 7.67. The summed E-state index contributed by atoms with van der Waals surface area (Å²) >= 11 is 0. The van der Waals surface area contributed by atoms with E-state index in [2.05, 4.69) is 10.3 Å². The van der Waals surface area contributed by atoms with Crippen LogP contribution in [-0.4, -0.2) is 30.8 Å². The van der Waals surface area contributed by atoms with Crippen molar-refractivity contribution >= 4 is 15.5 Å². The fourth-order valence-corrected chi connectivity index (χ4v) is 2.36. The molecule has 0 amide bonds. The van der Waals surface area contributed by atoms with Crippen LogP contribution in [0, 0.1) is 0 Å². The van der Waals surface area contributed by atoms with Gasteiger partial charge in [-0.1, -0.05) is 0 Å². The molecule has 0 fully saturated rings. The minimum absolute atomic E-state index is 0.344. The first-order chi connectivity index (χ1) is 9.05. The van der Waals surface area contributed by atoms with Gasteiger partial charge in [-0.3, -0.25) is 0 Å². The van der Waals surface area contributed by atoms with E-state index in [1.54, 1.807) is 36.8 Å². The van der Waals surface area contributed by atoms with Crippen molar-refractivity contribution < 1.29 is 8.42 Å². The molecule has 0 radical (unpaired) electrons. The van der Waals surface area contributed by atoms with Crippen LogP contribution in [0.25, 0.3) is 0 Å². The van der Waals surface area contributed by atoms with Crippen LogP contribution in [-0.2, 0) is 16.4 Å². The Balaban J connectivity index is 1.80. The number of sulfone groups is 1. The van der Waals surface area contributed by atoms with Crippen molar-refractivity contribution in [3.8, 4) is 0 Å². The predicted octanol–water partition coefficient (Wildman–Crippen LogP) is 1.79. The fourth-order valence-electron chi connectivity index (χ4n) is 1.73. The van der Waals surface area contributed by atoms with Crippen LogP contribution in [0.4, 0.5) is 5.69 Å². The van der Waals surface area contributed by atoms with Gasteiger partial charge < -0.3 is 9.88 Å². The van der Waals surface area contributed by atoms with Gasteiger partial charge >= 0.3 is 0 Å². The van der Waals surface area contributed by atoms with Crippen LogP contribution in [0.1, 0.15) is 6.42 Å². The van der Waals surface area contributed by atoms with Crippen LogP contribution in [0.5, 0.6) is 0 Å². The molecule has 0 aliphatic carbocycles. The number of nitrogens with zero attached hydrogens (tertiary/aromatic N) is 2. The van der Waals surface area contributed by atoms with Crippen molar-refractivity contribution in [2.24, 2.45) is 0 Å². The van der Waals surface area contributed by atoms with E-state index in [1.807, 2.05) is 10.8 Å². The Bertz CT molecular complexity index is 604. The molecular weight excluding hydrogens is 262 g/mol. The first kappa shape index (κ1) is 13.6. The van der Waals surface area contributed by atoms with Crippen molar-refractivity contribution in [2.75, 3.05) is 18.1 Å². The topological polar surface area (TPSA) is 64.0 Å². The Morgan fingerprint density at radius 1 is 1.26 bits per heavy atom. The third kappa shape index (κ3) is 4.10. The summed E-state index contributed by atoms with van der Waals surface area (Å²) in [5, 5.41) is 3.26. The molecule has 0 saturated carbocycles. The number of imidazole rings is 1. The van der Waals surface area contributed by atoms with Crippen molar-refractivity contribution in [1.29, 1.82) is 0 Å². The second-order valence-electron chi connectivity index (χ2n) is 4.38. The van der Waals surface area contributed by atoms with Gasteiger partial charge in [-0.25, -0.2) is 13.4 Å².